The Bertz CT molecular complexity index is 306. The summed E-state index contributed by atoms with van der Waals surface area (Å²) in [7, 11) is 0. The van der Waals surface area contributed by atoms with Crippen molar-refractivity contribution in [1.29, 1.82) is 0 Å². The normalized spacial score (nSPS) is 17.7. The summed E-state index contributed by atoms with van der Waals surface area (Å²) in [5.41, 5.74) is 7.50. The largest absolute Gasteiger partial charge is 0.323 e. The Morgan fingerprint density at radius 1 is 1.31 bits per heavy atom. The fourth-order valence-corrected chi connectivity index (χ4v) is 2.21. The van der Waals surface area contributed by atoms with Crippen molar-refractivity contribution in [3.8, 4) is 0 Å². The van der Waals surface area contributed by atoms with Gasteiger partial charge in [-0.3, -0.25) is 4.90 Å². The second-order valence-electron chi connectivity index (χ2n) is 4.74. The highest BCUT2D eigenvalue weighted by Gasteiger charge is 2.29. The Balaban J connectivity index is 1.92. The molecule has 0 bridgehead atoms. The predicted octanol–water partition coefficient (Wildman–Crippen LogP) is 2.56. The zero-order chi connectivity index (χ0) is 11.4. The molecule has 2 N–H and O–H groups in total. The number of benzene rings is 1. The topological polar surface area (TPSA) is 29.3 Å². The lowest BCUT2D eigenvalue weighted by molar-refractivity contribution is 0.248. The van der Waals surface area contributed by atoms with Crippen LogP contribution in [-0.2, 0) is 0 Å². The average molecular weight is 218 g/mol. The van der Waals surface area contributed by atoms with E-state index in [1.807, 2.05) is 6.07 Å². The highest BCUT2D eigenvalue weighted by molar-refractivity contribution is 5.18. The van der Waals surface area contributed by atoms with Crippen LogP contribution in [0.15, 0.2) is 30.3 Å². The lowest BCUT2D eigenvalue weighted by Crippen LogP contribution is -2.34. The van der Waals surface area contributed by atoms with Crippen molar-refractivity contribution in [2.75, 3.05) is 13.1 Å². The molecule has 1 fully saturated rings. The molecule has 0 spiro atoms. The minimum atomic E-state index is 0.161. The molecule has 1 atom stereocenters. The second-order valence-corrected chi connectivity index (χ2v) is 4.74. The number of nitrogens with zero attached hydrogens (tertiary/aromatic N) is 1. The zero-order valence-electron chi connectivity index (χ0n) is 10.1. The van der Waals surface area contributed by atoms with E-state index < -0.39 is 0 Å². The smallest absolute Gasteiger partial charge is 0.0424 e. The molecule has 0 aliphatic heterocycles. The molecule has 88 valence electrons. The van der Waals surface area contributed by atoms with Crippen molar-refractivity contribution in [2.45, 2.75) is 38.3 Å². The summed E-state index contributed by atoms with van der Waals surface area (Å²) >= 11 is 0. The highest BCUT2D eigenvalue weighted by atomic mass is 15.2. The van der Waals surface area contributed by atoms with Crippen molar-refractivity contribution in [3.05, 3.63) is 35.9 Å². The van der Waals surface area contributed by atoms with Crippen LogP contribution in [0, 0.1) is 0 Å². The Hall–Kier alpha value is -0.860. The van der Waals surface area contributed by atoms with E-state index in [1.165, 1.54) is 31.4 Å². The van der Waals surface area contributed by atoms with Crippen LogP contribution in [0.1, 0.15) is 37.8 Å². The molecule has 0 heterocycles. The third kappa shape index (κ3) is 3.06. The van der Waals surface area contributed by atoms with E-state index in [4.69, 9.17) is 5.73 Å². The monoisotopic (exact) mass is 218 g/mol. The van der Waals surface area contributed by atoms with Crippen LogP contribution in [-0.4, -0.2) is 24.0 Å². The Morgan fingerprint density at radius 3 is 2.56 bits per heavy atom. The SMILES string of the molecule is CCCN(CC(N)c1ccccc1)C1CC1. The predicted molar refractivity (Wildman–Crippen MR) is 68.3 cm³/mol. The lowest BCUT2D eigenvalue weighted by Gasteiger charge is -2.25. The zero-order valence-corrected chi connectivity index (χ0v) is 10.1. The molecule has 2 rings (SSSR count). The molecule has 2 nitrogen and oxygen atoms in total. The summed E-state index contributed by atoms with van der Waals surface area (Å²) in [5.74, 6) is 0. The van der Waals surface area contributed by atoms with Gasteiger partial charge in [0.25, 0.3) is 0 Å². The maximum absolute atomic E-state index is 6.25. The quantitative estimate of drug-likeness (QED) is 0.795. The molecule has 2 heteroatoms. The number of nitrogens with two attached hydrogens (primary N) is 1. The first-order valence-corrected chi connectivity index (χ1v) is 6.36. The van der Waals surface area contributed by atoms with Gasteiger partial charge in [-0.25, -0.2) is 0 Å². The molecule has 16 heavy (non-hydrogen) atoms. The maximum atomic E-state index is 6.25. The van der Waals surface area contributed by atoms with Gasteiger partial charge in [-0.15, -0.1) is 0 Å². The van der Waals surface area contributed by atoms with Crippen molar-refractivity contribution in [2.24, 2.45) is 5.73 Å². The van der Waals surface area contributed by atoms with Gasteiger partial charge in [0.2, 0.25) is 0 Å². The first kappa shape index (κ1) is 11.6. The van der Waals surface area contributed by atoms with Crippen LogP contribution in [0.5, 0.6) is 0 Å². The summed E-state index contributed by atoms with van der Waals surface area (Å²) in [4.78, 5) is 2.55. The van der Waals surface area contributed by atoms with Gasteiger partial charge in [-0.2, -0.15) is 0 Å². The fourth-order valence-electron chi connectivity index (χ4n) is 2.21. The first-order valence-electron chi connectivity index (χ1n) is 6.36. The van der Waals surface area contributed by atoms with E-state index in [0.29, 0.717) is 0 Å². The fraction of sp³-hybridized carbons (Fsp3) is 0.571. The minimum Gasteiger partial charge on any atom is -0.323 e. The molecular formula is C14H22N2. The van der Waals surface area contributed by atoms with Crippen molar-refractivity contribution in [1.82, 2.24) is 4.90 Å². The van der Waals surface area contributed by atoms with E-state index in [-0.39, 0.29) is 6.04 Å². The summed E-state index contributed by atoms with van der Waals surface area (Å²) < 4.78 is 0. The second kappa shape index (κ2) is 5.46. The van der Waals surface area contributed by atoms with Crippen molar-refractivity contribution < 1.29 is 0 Å². The molecule has 1 aliphatic rings. The minimum absolute atomic E-state index is 0.161. The molecule has 1 aromatic carbocycles. The molecule has 1 unspecified atom stereocenters. The van der Waals surface area contributed by atoms with E-state index in [9.17, 15) is 0 Å². The third-order valence-corrected chi connectivity index (χ3v) is 3.23. The van der Waals surface area contributed by atoms with Gasteiger partial charge in [0, 0.05) is 18.6 Å². The summed E-state index contributed by atoms with van der Waals surface area (Å²) in [5, 5.41) is 0. The number of hydrogen-bond acceptors (Lipinski definition) is 2. The standard InChI is InChI=1S/C14H22N2/c1-2-10-16(13-8-9-13)11-14(15)12-6-4-3-5-7-12/h3-7,13-14H,2,8-11,15H2,1H3. The summed E-state index contributed by atoms with van der Waals surface area (Å²) in [6, 6.07) is 11.4. The van der Waals surface area contributed by atoms with Gasteiger partial charge in [0.1, 0.15) is 0 Å². The van der Waals surface area contributed by atoms with Crippen LogP contribution >= 0.6 is 0 Å². The van der Waals surface area contributed by atoms with E-state index in [1.54, 1.807) is 0 Å². The average Bonchev–Trinajstić information content (AvgIpc) is 3.13. The van der Waals surface area contributed by atoms with Crippen molar-refractivity contribution >= 4 is 0 Å². The van der Waals surface area contributed by atoms with Crippen LogP contribution in [0.2, 0.25) is 0 Å². The Kier molecular flexibility index (Phi) is 3.97. The third-order valence-electron chi connectivity index (χ3n) is 3.23. The van der Waals surface area contributed by atoms with E-state index in [0.717, 1.165) is 12.6 Å². The van der Waals surface area contributed by atoms with Gasteiger partial charge in [0.05, 0.1) is 0 Å². The molecule has 0 aromatic heterocycles. The van der Waals surface area contributed by atoms with Gasteiger partial charge < -0.3 is 5.73 Å². The van der Waals surface area contributed by atoms with E-state index in [2.05, 4.69) is 36.1 Å². The van der Waals surface area contributed by atoms with Gasteiger partial charge in [-0.05, 0) is 31.4 Å². The van der Waals surface area contributed by atoms with Gasteiger partial charge in [-0.1, -0.05) is 37.3 Å². The van der Waals surface area contributed by atoms with Crippen molar-refractivity contribution in [3.63, 3.8) is 0 Å². The first-order chi connectivity index (χ1) is 7.81. The number of rotatable bonds is 6. The summed E-state index contributed by atoms with van der Waals surface area (Å²) in [6.07, 6.45) is 3.95. The van der Waals surface area contributed by atoms with Crippen LogP contribution in [0.3, 0.4) is 0 Å². The molecule has 1 saturated carbocycles. The highest BCUT2D eigenvalue weighted by Crippen LogP contribution is 2.28. The number of hydrogen-bond donors (Lipinski definition) is 1. The van der Waals surface area contributed by atoms with Gasteiger partial charge in [0.15, 0.2) is 0 Å². The van der Waals surface area contributed by atoms with Crippen LogP contribution in [0.4, 0.5) is 0 Å². The molecular weight excluding hydrogens is 196 g/mol. The molecule has 1 aliphatic carbocycles. The molecule has 0 amide bonds. The van der Waals surface area contributed by atoms with Crippen LogP contribution in [0.25, 0.3) is 0 Å². The Morgan fingerprint density at radius 2 is 2.00 bits per heavy atom. The van der Waals surface area contributed by atoms with Crippen LogP contribution < -0.4 is 5.73 Å². The molecule has 0 saturated heterocycles. The Labute approximate surface area is 98.4 Å². The van der Waals surface area contributed by atoms with E-state index >= 15 is 0 Å². The van der Waals surface area contributed by atoms with Gasteiger partial charge >= 0.3 is 0 Å². The molecule has 1 aromatic rings. The lowest BCUT2D eigenvalue weighted by atomic mass is 10.1. The maximum Gasteiger partial charge on any atom is 0.0424 e. The summed E-state index contributed by atoms with van der Waals surface area (Å²) in [6.45, 7) is 4.43. The molecule has 0 radical (unpaired) electrons.